The van der Waals surface area contributed by atoms with Crippen molar-refractivity contribution in [2.45, 2.75) is 128 Å². The molecule has 2 heterocycles. The van der Waals surface area contributed by atoms with E-state index < -0.39 is 12.2 Å². The highest BCUT2D eigenvalue weighted by Crippen LogP contribution is 2.60. The van der Waals surface area contributed by atoms with Crippen LogP contribution in [0, 0.1) is 41.0 Å². The number of nitrogens with zero attached hydrogens (tertiary/aromatic N) is 1. The third-order valence-electron chi connectivity index (χ3n) is 12.9. The molecule has 2 aliphatic heterocycles. The fraction of sp³-hybridized carbons (Fsp3) is 0.667. The van der Waals surface area contributed by atoms with Gasteiger partial charge in [0.1, 0.15) is 12.2 Å². The second kappa shape index (κ2) is 19.3. The second-order valence-electron chi connectivity index (χ2n) is 16.8. The Morgan fingerprint density at radius 2 is 1.98 bits per heavy atom. The van der Waals surface area contributed by atoms with Gasteiger partial charge < -0.3 is 41.0 Å². The minimum absolute atomic E-state index is 0.00101. The summed E-state index contributed by atoms with van der Waals surface area (Å²) in [7, 11) is 0. The molecule has 0 amide bonds. The summed E-state index contributed by atoms with van der Waals surface area (Å²) in [6.07, 6.45) is 24.1. The van der Waals surface area contributed by atoms with Gasteiger partial charge in [-0.05, 0) is 81.5 Å². The molecule has 0 radical (unpaired) electrons. The molecule has 54 heavy (non-hydrogen) atoms. The molecular weight excluding hydrogens is 679 g/mol. The van der Waals surface area contributed by atoms with Crippen LogP contribution in [0.2, 0.25) is 0 Å². The lowest BCUT2D eigenvalue weighted by molar-refractivity contribution is 0.119. The summed E-state index contributed by atoms with van der Waals surface area (Å²) in [4.78, 5) is 5.04. The molecule has 1 spiro atoms. The molecular formula is C45H67N3O6. The van der Waals surface area contributed by atoms with Crippen molar-refractivity contribution in [1.82, 2.24) is 5.32 Å². The number of rotatable bonds is 23. The fourth-order valence-electron chi connectivity index (χ4n) is 9.97. The summed E-state index contributed by atoms with van der Waals surface area (Å²) in [5, 5.41) is 45.5. The minimum atomic E-state index is -0.945. The summed E-state index contributed by atoms with van der Waals surface area (Å²) in [6, 6.07) is 5.98. The Bertz CT molecular complexity index is 1490. The van der Waals surface area contributed by atoms with Gasteiger partial charge in [0.15, 0.2) is 29.4 Å². The quantitative estimate of drug-likeness (QED) is 0.0403. The van der Waals surface area contributed by atoms with Crippen LogP contribution < -0.4 is 15.8 Å². The van der Waals surface area contributed by atoms with Crippen molar-refractivity contribution in [3.63, 3.8) is 0 Å². The number of hydrogen-bond donors (Lipinski definition) is 6. The highest BCUT2D eigenvalue weighted by Gasteiger charge is 2.59. The van der Waals surface area contributed by atoms with Crippen molar-refractivity contribution in [3.8, 4) is 11.5 Å². The zero-order valence-corrected chi connectivity index (χ0v) is 32.9. The van der Waals surface area contributed by atoms with Crippen LogP contribution in [0.4, 0.5) is 0 Å². The molecule has 0 aromatic heterocycles. The SMILES string of the molecule is CCCCCC(CCN)CCCCC1OC(CCc2ccc(O)c(OCC(O)[C+]3C=C4C(=N3)C3C=CC5(CCCC5C3)C4CNCC(C)O)c2)=C[C-]1CO. The van der Waals surface area contributed by atoms with Gasteiger partial charge in [0.05, 0.1) is 24.0 Å². The maximum absolute atomic E-state index is 11.4. The van der Waals surface area contributed by atoms with E-state index in [-0.39, 0.29) is 42.3 Å². The largest absolute Gasteiger partial charge is 0.592 e. The number of unbranched alkanes of at least 4 members (excludes halogenated alkanes) is 3. The van der Waals surface area contributed by atoms with E-state index in [0.717, 1.165) is 74.6 Å². The standard InChI is InChI=1S/C45H67N3O6/c1-3-4-5-9-31(18-21-46)10-6-7-12-42-34(28-49)24-36(54-42)15-13-32-14-16-40(51)43(22-32)53-29-41(52)39-25-37-38(27-47-26-30(2)50)45-19-8-11-35(45)23-33(17-20-45)44(37)48-39/h14,16-17,20,22,24-25,30-31,33,35,38,41-42,47,49-52H,3-13,15,18-19,21,23,26-29,46H2,1-2H3. The number of aliphatic hydroxyl groups excluding tert-OH is 3. The van der Waals surface area contributed by atoms with Crippen molar-refractivity contribution >= 4 is 5.71 Å². The molecule has 2 saturated carbocycles. The molecule has 1 aromatic carbocycles. The Morgan fingerprint density at radius 3 is 2.76 bits per heavy atom. The third kappa shape index (κ3) is 9.70. The lowest BCUT2D eigenvalue weighted by Crippen LogP contribution is -2.41. The minimum Gasteiger partial charge on any atom is -0.592 e. The van der Waals surface area contributed by atoms with Crippen LogP contribution in [-0.4, -0.2) is 77.3 Å². The lowest BCUT2D eigenvalue weighted by atomic mass is 9.64. The average Bonchev–Trinajstić information content (AvgIpc) is 3.88. The number of phenols is 1. The number of aromatic hydroxyl groups is 1. The molecule has 9 heteroatoms. The molecule has 1 aromatic rings. The number of phenolic OH excluding ortho intramolecular Hbond substituents is 1. The highest BCUT2D eigenvalue weighted by atomic mass is 16.5. The van der Waals surface area contributed by atoms with Gasteiger partial charge in [0.2, 0.25) is 0 Å². The normalized spacial score (nSPS) is 27.2. The van der Waals surface area contributed by atoms with Crippen LogP contribution in [0.3, 0.4) is 0 Å². The second-order valence-corrected chi connectivity index (χ2v) is 16.8. The number of nitrogens with two attached hydrogens (primary N) is 1. The van der Waals surface area contributed by atoms with Crippen molar-refractivity contribution in [2.75, 3.05) is 32.8 Å². The first kappa shape index (κ1) is 40.7. The molecule has 2 fully saturated rings. The van der Waals surface area contributed by atoms with Gasteiger partial charge in [0, 0.05) is 31.2 Å². The molecule has 4 aliphatic carbocycles. The van der Waals surface area contributed by atoms with E-state index in [1.165, 1.54) is 50.5 Å². The molecule has 298 valence electrons. The van der Waals surface area contributed by atoms with E-state index in [2.05, 4.69) is 30.5 Å². The van der Waals surface area contributed by atoms with E-state index in [0.29, 0.717) is 43.0 Å². The summed E-state index contributed by atoms with van der Waals surface area (Å²) < 4.78 is 12.4. The Morgan fingerprint density at radius 1 is 1.15 bits per heavy atom. The lowest BCUT2D eigenvalue weighted by Gasteiger charge is -2.39. The Labute approximate surface area is 324 Å². The third-order valence-corrected chi connectivity index (χ3v) is 12.9. The first-order valence-electron chi connectivity index (χ1n) is 21.2. The monoisotopic (exact) mass is 746 g/mol. The van der Waals surface area contributed by atoms with Crippen LogP contribution in [0.1, 0.15) is 109 Å². The van der Waals surface area contributed by atoms with Crippen LogP contribution >= 0.6 is 0 Å². The molecule has 8 unspecified atom stereocenters. The first-order valence-corrected chi connectivity index (χ1v) is 21.2. The van der Waals surface area contributed by atoms with Crippen LogP contribution in [0.5, 0.6) is 11.5 Å². The van der Waals surface area contributed by atoms with E-state index in [1.54, 1.807) is 13.0 Å². The van der Waals surface area contributed by atoms with E-state index >= 15 is 0 Å². The van der Waals surface area contributed by atoms with Gasteiger partial charge in [-0.3, -0.25) is 0 Å². The predicted molar refractivity (Wildman–Crippen MR) is 215 cm³/mol. The number of aliphatic imine (C=N–C) groups is 1. The van der Waals surface area contributed by atoms with Crippen molar-refractivity contribution in [3.05, 3.63) is 71.4 Å². The number of aliphatic hydroxyl groups is 3. The van der Waals surface area contributed by atoms with E-state index in [1.807, 2.05) is 18.2 Å². The number of benzene rings is 1. The molecule has 7 rings (SSSR count). The smallest absolute Gasteiger partial charge is 0.196 e. The van der Waals surface area contributed by atoms with Crippen molar-refractivity contribution < 1.29 is 29.9 Å². The Hall–Kier alpha value is -2.95. The van der Waals surface area contributed by atoms with Crippen molar-refractivity contribution in [1.29, 1.82) is 0 Å². The molecule has 7 N–H and O–H groups in total. The summed E-state index contributed by atoms with van der Waals surface area (Å²) in [5.74, 6) is 4.01. The predicted octanol–water partition coefficient (Wildman–Crippen LogP) is 6.90. The summed E-state index contributed by atoms with van der Waals surface area (Å²) in [5.41, 5.74) is 9.25. The van der Waals surface area contributed by atoms with Crippen molar-refractivity contribution in [2.24, 2.45) is 39.8 Å². The summed E-state index contributed by atoms with van der Waals surface area (Å²) >= 11 is 0. The van der Waals surface area contributed by atoms with Crippen LogP contribution in [-0.2, 0) is 11.2 Å². The van der Waals surface area contributed by atoms with E-state index in [9.17, 15) is 20.4 Å². The Balaban J connectivity index is 1.000. The van der Waals surface area contributed by atoms with Gasteiger partial charge in [-0.15, -0.1) is 4.99 Å². The molecule has 6 aliphatic rings. The number of allylic oxidation sites excluding steroid dienone is 3. The van der Waals surface area contributed by atoms with Gasteiger partial charge in [0.25, 0.3) is 0 Å². The Kier molecular flexibility index (Phi) is 14.5. The van der Waals surface area contributed by atoms with Crippen LogP contribution in [0.15, 0.2) is 58.8 Å². The van der Waals surface area contributed by atoms with Gasteiger partial charge in [-0.1, -0.05) is 88.7 Å². The molecule has 8 atom stereocenters. The van der Waals surface area contributed by atoms with Gasteiger partial charge >= 0.3 is 0 Å². The number of aryl methyl sites for hydroxylation is 1. The maximum atomic E-state index is 11.4. The topological polar surface area (TPSA) is 150 Å². The zero-order valence-electron chi connectivity index (χ0n) is 32.9. The average molecular weight is 746 g/mol. The zero-order chi connectivity index (χ0) is 38.1. The van der Waals surface area contributed by atoms with E-state index in [4.69, 9.17) is 20.2 Å². The van der Waals surface area contributed by atoms with Crippen LogP contribution in [0.25, 0.3) is 0 Å². The molecule has 9 nitrogen and oxygen atoms in total. The first-order chi connectivity index (χ1) is 26.2. The summed E-state index contributed by atoms with van der Waals surface area (Å²) in [6.45, 7) is 6.10. The number of ether oxygens (including phenoxy) is 2. The maximum Gasteiger partial charge on any atom is 0.196 e. The highest BCUT2D eigenvalue weighted by molar-refractivity contribution is 6.07. The van der Waals surface area contributed by atoms with Gasteiger partial charge in [-0.25, -0.2) is 0 Å². The fourth-order valence-corrected chi connectivity index (χ4v) is 9.97. The molecule has 2 bridgehead atoms. The number of nitrogens with one attached hydrogen (secondary N) is 1. The molecule has 0 saturated heterocycles. The van der Waals surface area contributed by atoms with Gasteiger partial charge in [-0.2, -0.15) is 12.0 Å². The number of hydrogen-bond acceptors (Lipinski definition) is 9.